The molecule has 1 unspecified atom stereocenters. The molecule has 1 amide bonds. The van der Waals surface area contributed by atoms with Crippen molar-refractivity contribution in [2.75, 3.05) is 23.8 Å². The van der Waals surface area contributed by atoms with Gasteiger partial charge in [-0.2, -0.15) is 23.5 Å². The summed E-state index contributed by atoms with van der Waals surface area (Å²) in [6.07, 6.45) is 0.596. The normalized spacial score (nSPS) is 20.8. The van der Waals surface area contributed by atoms with Gasteiger partial charge in [0.2, 0.25) is 5.91 Å². The van der Waals surface area contributed by atoms with Crippen molar-refractivity contribution in [2.24, 2.45) is 5.73 Å². The van der Waals surface area contributed by atoms with E-state index in [0.717, 1.165) is 17.9 Å². The average molecular weight is 296 g/mol. The van der Waals surface area contributed by atoms with Crippen molar-refractivity contribution in [2.45, 2.75) is 17.7 Å². The fourth-order valence-corrected chi connectivity index (χ4v) is 4.57. The fraction of sp³-hybridized carbons (Fsp3) is 0.500. The molecule has 1 aromatic rings. The Kier molecular flexibility index (Phi) is 6.07. The van der Waals surface area contributed by atoms with Gasteiger partial charge in [0, 0.05) is 29.1 Å². The number of nitrogens with two attached hydrogens (primary N) is 1. The van der Waals surface area contributed by atoms with Crippen LogP contribution in [0.4, 0.5) is 0 Å². The third kappa shape index (κ3) is 5.09. The predicted octanol–water partition coefficient (Wildman–Crippen LogP) is 1.52. The standard InChI is InChI=1S/C14H20N2OS2/c15-13(8-11-4-2-1-3-5-11)14(17)16-9-12-10-18-6-7-19-12/h1-5,12-13H,6-10,15H2,(H,16,17)/t12?,13-/m1/s1. The van der Waals surface area contributed by atoms with E-state index in [0.29, 0.717) is 11.7 Å². The summed E-state index contributed by atoms with van der Waals surface area (Å²) in [6.45, 7) is 0.735. The number of benzene rings is 1. The van der Waals surface area contributed by atoms with Crippen LogP contribution in [0.15, 0.2) is 30.3 Å². The zero-order valence-corrected chi connectivity index (χ0v) is 12.5. The summed E-state index contributed by atoms with van der Waals surface area (Å²) in [4.78, 5) is 11.9. The van der Waals surface area contributed by atoms with Crippen LogP contribution >= 0.6 is 23.5 Å². The van der Waals surface area contributed by atoms with Crippen LogP contribution in [0.1, 0.15) is 5.56 Å². The Balaban J connectivity index is 1.73. The van der Waals surface area contributed by atoms with Gasteiger partial charge in [0.15, 0.2) is 0 Å². The number of rotatable bonds is 5. The molecule has 0 bridgehead atoms. The first-order chi connectivity index (χ1) is 9.25. The van der Waals surface area contributed by atoms with E-state index in [1.165, 1.54) is 11.5 Å². The van der Waals surface area contributed by atoms with Gasteiger partial charge in [-0.1, -0.05) is 30.3 Å². The smallest absolute Gasteiger partial charge is 0.237 e. The van der Waals surface area contributed by atoms with Gasteiger partial charge in [0.25, 0.3) is 0 Å². The van der Waals surface area contributed by atoms with E-state index in [9.17, 15) is 4.79 Å². The molecule has 1 aromatic carbocycles. The highest BCUT2D eigenvalue weighted by Crippen LogP contribution is 2.23. The highest BCUT2D eigenvalue weighted by atomic mass is 32.2. The molecular weight excluding hydrogens is 276 g/mol. The van der Waals surface area contributed by atoms with Crippen LogP contribution in [0.25, 0.3) is 0 Å². The van der Waals surface area contributed by atoms with Gasteiger partial charge in [-0.25, -0.2) is 0 Å². The molecule has 1 aliphatic heterocycles. The largest absolute Gasteiger partial charge is 0.354 e. The Hall–Kier alpha value is -0.650. The van der Waals surface area contributed by atoms with Crippen LogP contribution in [-0.4, -0.2) is 41.0 Å². The molecule has 3 nitrogen and oxygen atoms in total. The fourth-order valence-electron chi connectivity index (χ4n) is 1.96. The van der Waals surface area contributed by atoms with Crippen LogP contribution < -0.4 is 11.1 Å². The number of amides is 1. The molecule has 19 heavy (non-hydrogen) atoms. The van der Waals surface area contributed by atoms with Crippen molar-refractivity contribution in [1.29, 1.82) is 0 Å². The second-order valence-corrected chi connectivity index (χ2v) is 7.17. The van der Waals surface area contributed by atoms with Crippen molar-refractivity contribution in [1.82, 2.24) is 5.32 Å². The van der Waals surface area contributed by atoms with Crippen LogP contribution in [-0.2, 0) is 11.2 Å². The second kappa shape index (κ2) is 7.82. The molecule has 0 spiro atoms. The molecule has 0 aromatic heterocycles. The minimum Gasteiger partial charge on any atom is -0.354 e. The van der Waals surface area contributed by atoms with Crippen molar-refractivity contribution < 1.29 is 4.79 Å². The summed E-state index contributed by atoms with van der Waals surface area (Å²) >= 11 is 3.91. The van der Waals surface area contributed by atoms with Gasteiger partial charge in [0.05, 0.1) is 6.04 Å². The molecule has 104 valence electrons. The monoisotopic (exact) mass is 296 g/mol. The Morgan fingerprint density at radius 2 is 2.16 bits per heavy atom. The van der Waals surface area contributed by atoms with E-state index in [1.807, 2.05) is 53.9 Å². The lowest BCUT2D eigenvalue weighted by molar-refractivity contribution is -0.122. The lowest BCUT2D eigenvalue weighted by Gasteiger charge is -2.22. The topological polar surface area (TPSA) is 55.1 Å². The zero-order valence-electron chi connectivity index (χ0n) is 10.9. The Morgan fingerprint density at radius 3 is 2.84 bits per heavy atom. The first-order valence-corrected chi connectivity index (χ1v) is 8.72. The van der Waals surface area contributed by atoms with Crippen LogP contribution in [0.5, 0.6) is 0 Å². The average Bonchev–Trinajstić information content (AvgIpc) is 2.47. The Morgan fingerprint density at radius 1 is 1.37 bits per heavy atom. The maximum atomic E-state index is 11.9. The first kappa shape index (κ1) is 14.8. The molecule has 1 saturated heterocycles. The highest BCUT2D eigenvalue weighted by molar-refractivity contribution is 8.06. The molecular formula is C14H20N2OS2. The number of thioether (sulfide) groups is 2. The van der Waals surface area contributed by atoms with E-state index >= 15 is 0 Å². The number of hydrogen-bond donors (Lipinski definition) is 2. The third-order valence-electron chi connectivity index (χ3n) is 3.02. The summed E-state index contributed by atoms with van der Waals surface area (Å²) in [5.74, 6) is 3.49. The maximum absolute atomic E-state index is 11.9. The first-order valence-electron chi connectivity index (χ1n) is 6.52. The molecule has 5 heteroatoms. The third-order valence-corrected chi connectivity index (χ3v) is 5.87. The number of carbonyl (C=O) groups excluding carboxylic acids is 1. The summed E-state index contributed by atoms with van der Waals surface area (Å²) in [7, 11) is 0. The molecule has 0 aliphatic carbocycles. The van der Waals surface area contributed by atoms with Crippen molar-refractivity contribution in [3.05, 3.63) is 35.9 Å². The van der Waals surface area contributed by atoms with Crippen molar-refractivity contribution in [3.63, 3.8) is 0 Å². The van der Waals surface area contributed by atoms with Gasteiger partial charge in [-0.05, 0) is 12.0 Å². The van der Waals surface area contributed by atoms with Gasteiger partial charge >= 0.3 is 0 Å². The molecule has 1 fully saturated rings. The van der Waals surface area contributed by atoms with Crippen molar-refractivity contribution >= 4 is 29.4 Å². The minimum absolute atomic E-state index is 0.0416. The summed E-state index contributed by atoms with van der Waals surface area (Å²) < 4.78 is 0. The van der Waals surface area contributed by atoms with Crippen LogP contribution in [0, 0.1) is 0 Å². The number of nitrogens with one attached hydrogen (secondary N) is 1. The lowest BCUT2D eigenvalue weighted by Crippen LogP contribution is -2.44. The van der Waals surface area contributed by atoms with Gasteiger partial charge in [0.1, 0.15) is 0 Å². The number of hydrogen-bond acceptors (Lipinski definition) is 4. The summed E-state index contributed by atoms with van der Waals surface area (Å²) in [5, 5.41) is 3.51. The molecule has 1 aliphatic rings. The van der Waals surface area contributed by atoms with E-state index in [2.05, 4.69) is 5.32 Å². The molecule has 2 rings (SSSR count). The Bertz CT molecular complexity index is 394. The highest BCUT2D eigenvalue weighted by Gasteiger charge is 2.18. The zero-order chi connectivity index (χ0) is 13.5. The quantitative estimate of drug-likeness (QED) is 0.865. The Labute approximate surface area is 123 Å². The van der Waals surface area contributed by atoms with E-state index in [1.54, 1.807) is 0 Å². The summed E-state index contributed by atoms with van der Waals surface area (Å²) in [6, 6.07) is 9.45. The second-order valence-electron chi connectivity index (χ2n) is 4.61. The van der Waals surface area contributed by atoms with E-state index < -0.39 is 6.04 Å². The van der Waals surface area contributed by atoms with E-state index in [-0.39, 0.29) is 5.91 Å². The lowest BCUT2D eigenvalue weighted by atomic mass is 10.1. The van der Waals surface area contributed by atoms with Gasteiger partial charge in [-0.15, -0.1) is 0 Å². The SMILES string of the molecule is N[C@H](Cc1ccccc1)C(=O)NCC1CSCCS1. The number of carbonyl (C=O) groups is 1. The molecule has 2 atom stereocenters. The summed E-state index contributed by atoms with van der Waals surface area (Å²) in [5.41, 5.74) is 7.05. The van der Waals surface area contributed by atoms with Crippen LogP contribution in [0.2, 0.25) is 0 Å². The minimum atomic E-state index is -0.455. The maximum Gasteiger partial charge on any atom is 0.237 e. The predicted molar refractivity (Wildman–Crippen MR) is 84.7 cm³/mol. The van der Waals surface area contributed by atoms with Crippen LogP contribution in [0.3, 0.4) is 0 Å². The van der Waals surface area contributed by atoms with Gasteiger partial charge in [-0.3, -0.25) is 4.79 Å². The van der Waals surface area contributed by atoms with Crippen molar-refractivity contribution in [3.8, 4) is 0 Å². The van der Waals surface area contributed by atoms with E-state index in [4.69, 9.17) is 5.73 Å². The molecule has 1 heterocycles. The molecule has 3 N–H and O–H groups in total. The molecule has 0 saturated carbocycles. The molecule has 0 radical (unpaired) electrons. The van der Waals surface area contributed by atoms with Gasteiger partial charge < -0.3 is 11.1 Å².